The Balaban J connectivity index is 2.48. The average molecular weight is 379 g/mol. The predicted molar refractivity (Wildman–Crippen MR) is 124 cm³/mol. The molecular formula is C27H54. The molecule has 1 rings (SSSR count). The second-order valence-electron chi connectivity index (χ2n) is 10.7. The van der Waals surface area contributed by atoms with Crippen LogP contribution in [0.15, 0.2) is 0 Å². The lowest BCUT2D eigenvalue weighted by Gasteiger charge is -2.30. The standard InChI is InChI=1S/C27H54/c1-9-23(10-2)13-14-24(11-3)18-21(7)26-15-16-27(19-26)22(8)25(12-4)17-20(5)6/h20-27H,9-19H2,1-8H3. The highest BCUT2D eigenvalue weighted by Gasteiger charge is 2.34. The van der Waals surface area contributed by atoms with Crippen LogP contribution in [0.1, 0.15) is 126 Å². The Kier molecular flexibility index (Phi) is 12.3. The summed E-state index contributed by atoms with van der Waals surface area (Å²) in [6.07, 6.45) is 15.9. The summed E-state index contributed by atoms with van der Waals surface area (Å²) in [6, 6.07) is 0. The molecule has 0 aromatic carbocycles. The van der Waals surface area contributed by atoms with E-state index < -0.39 is 0 Å². The molecule has 0 N–H and O–H groups in total. The largest absolute Gasteiger partial charge is 0.0651 e. The molecule has 0 amide bonds. The van der Waals surface area contributed by atoms with Crippen LogP contribution >= 0.6 is 0 Å². The second-order valence-corrected chi connectivity index (χ2v) is 10.7. The minimum Gasteiger partial charge on any atom is -0.0651 e. The van der Waals surface area contributed by atoms with E-state index in [4.69, 9.17) is 0 Å². The van der Waals surface area contributed by atoms with Gasteiger partial charge in [-0.05, 0) is 79.4 Å². The van der Waals surface area contributed by atoms with Gasteiger partial charge in [0.2, 0.25) is 0 Å². The van der Waals surface area contributed by atoms with Crippen molar-refractivity contribution in [1.29, 1.82) is 0 Å². The van der Waals surface area contributed by atoms with Crippen LogP contribution in [0.3, 0.4) is 0 Å². The van der Waals surface area contributed by atoms with Crippen LogP contribution in [0, 0.1) is 47.3 Å². The van der Waals surface area contributed by atoms with Gasteiger partial charge in [0.1, 0.15) is 0 Å². The fourth-order valence-corrected chi connectivity index (χ4v) is 6.17. The first-order chi connectivity index (χ1) is 12.9. The van der Waals surface area contributed by atoms with E-state index in [0.29, 0.717) is 0 Å². The fraction of sp³-hybridized carbons (Fsp3) is 1.00. The van der Waals surface area contributed by atoms with Crippen molar-refractivity contribution in [2.45, 2.75) is 126 Å². The lowest BCUT2D eigenvalue weighted by Crippen LogP contribution is -2.21. The summed E-state index contributed by atoms with van der Waals surface area (Å²) in [5.41, 5.74) is 0. The highest BCUT2D eigenvalue weighted by atomic mass is 14.4. The molecule has 0 spiro atoms. The Morgan fingerprint density at radius 3 is 1.74 bits per heavy atom. The molecule has 1 aliphatic rings. The monoisotopic (exact) mass is 378 g/mol. The van der Waals surface area contributed by atoms with Gasteiger partial charge >= 0.3 is 0 Å². The second kappa shape index (κ2) is 13.3. The first kappa shape index (κ1) is 25.0. The van der Waals surface area contributed by atoms with Gasteiger partial charge in [-0.1, -0.05) is 93.9 Å². The minimum absolute atomic E-state index is 0.855. The van der Waals surface area contributed by atoms with E-state index >= 15 is 0 Å². The topological polar surface area (TPSA) is 0 Å². The smallest absolute Gasteiger partial charge is 0.0383 e. The first-order valence-electron chi connectivity index (χ1n) is 12.9. The van der Waals surface area contributed by atoms with Crippen LogP contribution in [0.4, 0.5) is 0 Å². The zero-order valence-corrected chi connectivity index (χ0v) is 20.4. The molecule has 6 atom stereocenters. The van der Waals surface area contributed by atoms with Crippen molar-refractivity contribution in [1.82, 2.24) is 0 Å². The Bertz CT molecular complexity index is 353. The van der Waals surface area contributed by atoms with E-state index in [1.54, 1.807) is 0 Å². The molecule has 1 aliphatic carbocycles. The zero-order chi connectivity index (χ0) is 20.4. The van der Waals surface area contributed by atoms with Crippen molar-refractivity contribution >= 4 is 0 Å². The van der Waals surface area contributed by atoms with Gasteiger partial charge in [0.25, 0.3) is 0 Å². The molecule has 0 saturated heterocycles. The molecule has 0 aromatic heterocycles. The Morgan fingerprint density at radius 1 is 0.667 bits per heavy atom. The summed E-state index contributed by atoms with van der Waals surface area (Å²) in [5, 5.41) is 0. The zero-order valence-electron chi connectivity index (χ0n) is 20.4. The quantitative estimate of drug-likeness (QED) is 0.282. The van der Waals surface area contributed by atoms with Crippen LogP contribution in [0.5, 0.6) is 0 Å². The molecule has 0 heteroatoms. The maximum atomic E-state index is 2.59. The third-order valence-electron chi connectivity index (χ3n) is 8.52. The minimum atomic E-state index is 0.855. The van der Waals surface area contributed by atoms with E-state index in [0.717, 1.165) is 47.3 Å². The third-order valence-corrected chi connectivity index (χ3v) is 8.52. The molecule has 0 heterocycles. The first-order valence-corrected chi connectivity index (χ1v) is 12.9. The van der Waals surface area contributed by atoms with Gasteiger partial charge in [-0.15, -0.1) is 0 Å². The SMILES string of the molecule is CCC(CC)CCC(CC)CC(C)C1CCC(C(C)C(CC)CC(C)C)C1. The van der Waals surface area contributed by atoms with Crippen molar-refractivity contribution in [3.8, 4) is 0 Å². The molecule has 0 aliphatic heterocycles. The highest BCUT2D eigenvalue weighted by molar-refractivity contribution is 4.85. The summed E-state index contributed by atoms with van der Waals surface area (Å²) in [5.74, 6) is 7.65. The molecule has 1 fully saturated rings. The summed E-state index contributed by atoms with van der Waals surface area (Å²) < 4.78 is 0. The molecule has 162 valence electrons. The predicted octanol–water partition coefficient (Wildman–Crippen LogP) is 9.38. The lowest BCUT2D eigenvalue weighted by atomic mass is 9.75. The van der Waals surface area contributed by atoms with E-state index in [1.807, 2.05) is 0 Å². The molecule has 1 saturated carbocycles. The Morgan fingerprint density at radius 2 is 1.22 bits per heavy atom. The number of hydrogen-bond acceptors (Lipinski definition) is 0. The van der Waals surface area contributed by atoms with Gasteiger partial charge < -0.3 is 0 Å². The van der Waals surface area contributed by atoms with Crippen molar-refractivity contribution in [3.05, 3.63) is 0 Å². The van der Waals surface area contributed by atoms with Crippen molar-refractivity contribution < 1.29 is 0 Å². The third kappa shape index (κ3) is 8.49. The Labute approximate surface area is 173 Å². The van der Waals surface area contributed by atoms with Crippen LogP contribution in [-0.4, -0.2) is 0 Å². The van der Waals surface area contributed by atoms with Crippen LogP contribution in [-0.2, 0) is 0 Å². The fourth-order valence-electron chi connectivity index (χ4n) is 6.17. The lowest BCUT2D eigenvalue weighted by molar-refractivity contribution is 0.197. The number of rotatable bonds is 14. The molecule has 0 radical (unpaired) electrons. The highest BCUT2D eigenvalue weighted by Crippen LogP contribution is 2.45. The summed E-state index contributed by atoms with van der Waals surface area (Å²) in [6.45, 7) is 19.6. The van der Waals surface area contributed by atoms with Gasteiger partial charge in [0.15, 0.2) is 0 Å². The van der Waals surface area contributed by atoms with Gasteiger partial charge in [-0.2, -0.15) is 0 Å². The number of hydrogen-bond donors (Lipinski definition) is 0. The van der Waals surface area contributed by atoms with E-state index in [1.165, 1.54) is 70.6 Å². The van der Waals surface area contributed by atoms with Gasteiger partial charge in [0.05, 0.1) is 0 Å². The van der Waals surface area contributed by atoms with Crippen LogP contribution < -0.4 is 0 Å². The van der Waals surface area contributed by atoms with Crippen molar-refractivity contribution in [2.75, 3.05) is 0 Å². The van der Waals surface area contributed by atoms with E-state index in [2.05, 4.69) is 55.4 Å². The molecule has 27 heavy (non-hydrogen) atoms. The van der Waals surface area contributed by atoms with Crippen molar-refractivity contribution in [2.24, 2.45) is 47.3 Å². The molecule has 0 bridgehead atoms. The van der Waals surface area contributed by atoms with E-state index in [9.17, 15) is 0 Å². The maximum absolute atomic E-state index is 2.59. The van der Waals surface area contributed by atoms with Gasteiger partial charge in [-0.3, -0.25) is 0 Å². The van der Waals surface area contributed by atoms with Gasteiger partial charge in [-0.25, -0.2) is 0 Å². The van der Waals surface area contributed by atoms with Crippen LogP contribution in [0.2, 0.25) is 0 Å². The molecule has 6 unspecified atom stereocenters. The molecular weight excluding hydrogens is 324 g/mol. The molecule has 0 aromatic rings. The van der Waals surface area contributed by atoms with Crippen molar-refractivity contribution in [3.63, 3.8) is 0 Å². The molecule has 0 nitrogen and oxygen atoms in total. The Hall–Kier alpha value is 0. The van der Waals surface area contributed by atoms with Gasteiger partial charge in [0, 0.05) is 0 Å². The van der Waals surface area contributed by atoms with Crippen LogP contribution in [0.25, 0.3) is 0 Å². The summed E-state index contributed by atoms with van der Waals surface area (Å²) in [7, 11) is 0. The summed E-state index contributed by atoms with van der Waals surface area (Å²) in [4.78, 5) is 0. The van der Waals surface area contributed by atoms with E-state index in [-0.39, 0.29) is 0 Å². The summed E-state index contributed by atoms with van der Waals surface area (Å²) >= 11 is 0. The normalized spacial score (nSPS) is 25.1. The average Bonchev–Trinajstić information content (AvgIpc) is 3.15. The maximum Gasteiger partial charge on any atom is -0.0383 e.